The Morgan fingerprint density at radius 1 is 0.824 bits per heavy atom. The van der Waals surface area contributed by atoms with Gasteiger partial charge < -0.3 is 4.12 Å². The Morgan fingerprint density at radius 3 is 1.53 bits per heavy atom. The molecule has 0 saturated carbocycles. The van der Waals surface area contributed by atoms with E-state index in [1.165, 1.54) is 10.4 Å². The highest BCUT2D eigenvalue weighted by atomic mass is 28.4. The first-order valence-corrected chi connectivity index (χ1v) is 12.2. The lowest BCUT2D eigenvalue weighted by Crippen LogP contribution is -2.47. The van der Waals surface area contributed by atoms with Crippen LogP contribution >= 0.6 is 0 Å². The maximum atomic E-state index is 6.65. The van der Waals surface area contributed by atoms with E-state index in [9.17, 15) is 0 Å². The van der Waals surface area contributed by atoms with Crippen molar-refractivity contribution in [1.82, 2.24) is 0 Å². The van der Waals surface area contributed by atoms with Gasteiger partial charge in [0, 0.05) is 0 Å². The molecule has 0 atom stereocenters. The van der Waals surface area contributed by atoms with Crippen molar-refractivity contribution in [2.45, 2.75) is 39.0 Å². The average Bonchev–Trinajstić information content (AvgIpc) is 2.91. The van der Waals surface area contributed by atoms with Crippen LogP contribution in [0.2, 0.25) is 26.2 Å². The van der Waals surface area contributed by atoms with Gasteiger partial charge in [0.05, 0.1) is 0 Å². The quantitative estimate of drug-likeness (QED) is 0.688. The normalized spacial score (nSPS) is 19.8. The second-order valence-corrected chi connectivity index (χ2v) is 13.9. The Balaban J connectivity index is 2.09. The molecule has 2 aliphatic rings. The van der Waals surface area contributed by atoms with Gasteiger partial charge in [-0.15, -0.1) is 0 Å². The fourth-order valence-corrected chi connectivity index (χ4v) is 10.9. The summed E-state index contributed by atoms with van der Waals surface area (Å²) in [7, 11) is -3.36. The molecule has 0 heterocycles. The minimum atomic E-state index is -1.68. The molecule has 3 heteroatoms. The average molecular weight is 263 g/mol. The van der Waals surface area contributed by atoms with Crippen LogP contribution in [-0.4, -0.2) is 16.6 Å². The van der Waals surface area contributed by atoms with Gasteiger partial charge in [-0.3, -0.25) is 0 Å². The maximum absolute atomic E-state index is 6.65. The van der Waals surface area contributed by atoms with Crippen molar-refractivity contribution in [3.63, 3.8) is 0 Å². The number of rotatable bonds is 4. The van der Waals surface area contributed by atoms with Crippen molar-refractivity contribution in [1.29, 1.82) is 0 Å². The van der Waals surface area contributed by atoms with Gasteiger partial charge in [-0.05, 0) is 39.0 Å². The first-order chi connectivity index (χ1) is 7.92. The number of allylic oxidation sites excluding steroid dienone is 8. The smallest absolute Gasteiger partial charge is 0.202 e. The zero-order valence-corrected chi connectivity index (χ0v) is 13.3. The summed E-state index contributed by atoms with van der Waals surface area (Å²) in [5.74, 6) is 0. The van der Waals surface area contributed by atoms with Gasteiger partial charge in [-0.25, -0.2) is 0 Å². The summed E-state index contributed by atoms with van der Waals surface area (Å²) in [6, 6.07) is 0. The SMILES string of the molecule is C[Si](C)(O[Si](C)(C)C1=CC=CC1)C1=CC=CC1. The third-order valence-electron chi connectivity index (χ3n) is 3.60. The van der Waals surface area contributed by atoms with Crippen LogP contribution in [0.4, 0.5) is 0 Å². The van der Waals surface area contributed by atoms with Crippen LogP contribution in [0.1, 0.15) is 12.8 Å². The molecule has 0 saturated heterocycles. The van der Waals surface area contributed by atoms with Crippen molar-refractivity contribution >= 4 is 16.6 Å². The molecule has 0 spiro atoms. The first kappa shape index (κ1) is 12.8. The molecule has 0 aromatic carbocycles. The Bertz CT molecular complexity index is 386. The largest absolute Gasteiger partial charge is 0.449 e. The Hall–Kier alpha value is -0.646. The van der Waals surface area contributed by atoms with Gasteiger partial charge in [0.25, 0.3) is 0 Å². The lowest BCUT2D eigenvalue weighted by atomic mass is 10.5. The minimum Gasteiger partial charge on any atom is -0.449 e. The molecule has 0 fully saturated rings. The van der Waals surface area contributed by atoms with E-state index in [0.29, 0.717) is 0 Å². The molecule has 0 unspecified atom stereocenters. The predicted octanol–water partition coefficient (Wildman–Crippen LogP) is 4.26. The highest BCUT2D eigenvalue weighted by Gasteiger charge is 2.38. The molecule has 2 rings (SSSR count). The summed E-state index contributed by atoms with van der Waals surface area (Å²) in [6.45, 7) is 9.35. The van der Waals surface area contributed by atoms with E-state index < -0.39 is 16.6 Å². The van der Waals surface area contributed by atoms with Gasteiger partial charge in [0.2, 0.25) is 16.6 Å². The molecule has 0 aliphatic heterocycles. The highest BCUT2D eigenvalue weighted by molar-refractivity contribution is 6.91. The lowest BCUT2D eigenvalue weighted by Gasteiger charge is -2.36. The summed E-state index contributed by atoms with van der Waals surface area (Å²) in [4.78, 5) is 0. The van der Waals surface area contributed by atoms with Crippen molar-refractivity contribution in [2.24, 2.45) is 0 Å². The second-order valence-electron chi connectivity index (χ2n) is 5.77. The van der Waals surface area contributed by atoms with Crippen LogP contribution in [0.5, 0.6) is 0 Å². The maximum Gasteiger partial charge on any atom is 0.202 e. The standard InChI is InChI=1S/C14H22OSi2/c1-16(2,13-9-5-6-10-13)15-17(3,4)14-11-7-8-12-14/h5-9,11H,10,12H2,1-4H3. The topological polar surface area (TPSA) is 9.23 Å². The molecule has 17 heavy (non-hydrogen) atoms. The molecule has 0 aromatic rings. The van der Waals surface area contributed by atoms with Gasteiger partial charge in [0.1, 0.15) is 0 Å². The summed E-state index contributed by atoms with van der Waals surface area (Å²) in [6.07, 6.45) is 15.5. The molecule has 92 valence electrons. The van der Waals surface area contributed by atoms with Gasteiger partial charge in [-0.2, -0.15) is 0 Å². The molecule has 0 amide bonds. The van der Waals surface area contributed by atoms with E-state index in [-0.39, 0.29) is 0 Å². The third-order valence-corrected chi connectivity index (χ3v) is 11.5. The predicted molar refractivity (Wildman–Crippen MR) is 79.7 cm³/mol. The van der Waals surface area contributed by atoms with Crippen LogP contribution in [-0.2, 0) is 4.12 Å². The highest BCUT2D eigenvalue weighted by Crippen LogP contribution is 2.32. The molecule has 0 N–H and O–H groups in total. The Kier molecular flexibility index (Phi) is 3.43. The van der Waals surface area contributed by atoms with E-state index in [1.807, 2.05) is 0 Å². The molecule has 0 aromatic heterocycles. The zero-order valence-electron chi connectivity index (χ0n) is 11.3. The van der Waals surface area contributed by atoms with Gasteiger partial charge in [-0.1, -0.05) is 46.8 Å². The van der Waals surface area contributed by atoms with E-state index in [4.69, 9.17) is 4.12 Å². The van der Waals surface area contributed by atoms with Crippen LogP contribution in [0, 0.1) is 0 Å². The van der Waals surface area contributed by atoms with Crippen molar-refractivity contribution in [3.05, 3.63) is 46.8 Å². The van der Waals surface area contributed by atoms with Crippen LogP contribution < -0.4 is 0 Å². The van der Waals surface area contributed by atoms with Crippen molar-refractivity contribution < 1.29 is 4.12 Å². The molecule has 0 bridgehead atoms. The fourth-order valence-electron chi connectivity index (χ4n) is 2.56. The van der Waals surface area contributed by atoms with E-state index in [1.54, 1.807) is 0 Å². The summed E-state index contributed by atoms with van der Waals surface area (Å²) < 4.78 is 6.65. The van der Waals surface area contributed by atoms with Gasteiger partial charge >= 0.3 is 0 Å². The number of hydrogen-bond donors (Lipinski definition) is 0. The number of hydrogen-bond acceptors (Lipinski definition) is 1. The third kappa shape index (κ3) is 2.79. The van der Waals surface area contributed by atoms with E-state index in [0.717, 1.165) is 12.8 Å². The lowest BCUT2D eigenvalue weighted by molar-refractivity contribution is 0.559. The molecular weight excluding hydrogens is 240 g/mol. The van der Waals surface area contributed by atoms with Crippen LogP contribution in [0.3, 0.4) is 0 Å². The monoisotopic (exact) mass is 262 g/mol. The Morgan fingerprint density at radius 2 is 1.24 bits per heavy atom. The van der Waals surface area contributed by atoms with Crippen molar-refractivity contribution in [3.8, 4) is 0 Å². The summed E-state index contributed by atoms with van der Waals surface area (Å²) >= 11 is 0. The minimum absolute atomic E-state index is 1.10. The molecule has 0 radical (unpaired) electrons. The van der Waals surface area contributed by atoms with Gasteiger partial charge in [0.15, 0.2) is 0 Å². The Labute approximate surface area is 107 Å². The molecular formula is C14H22OSi2. The van der Waals surface area contributed by atoms with Crippen LogP contribution in [0.15, 0.2) is 46.8 Å². The zero-order chi connectivity index (χ0) is 12.5. The van der Waals surface area contributed by atoms with E-state index >= 15 is 0 Å². The molecule has 2 aliphatic carbocycles. The fraction of sp³-hybridized carbons (Fsp3) is 0.429. The van der Waals surface area contributed by atoms with E-state index in [2.05, 4.69) is 62.6 Å². The first-order valence-electron chi connectivity index (χ1n) is 6.34. The van der Waals surface area contributed by atoms with Crippen molar-refractivity contribution in [2.75, 3.05) is 0 Å². The molecule has 1 nitrogen and oxygen atoms in total. The summed E-state index contributed by atoms with van der Waals surface area (Å²) in [5.41, 5.74) is 0. The second kappa shape index (κ2) is 4.55. The summed E-state index contributed by atoms with van der Waals surface area (Å²) in [5, 5.41) is 3.06. The van der Waals surface area contributed by atoms with Crippen LogP contribution in [0.25, 0.3) is 0 Å².